The minimum absolute atomic E-state index is 0.0995. The normalized spacial score (nSPS) is 11.6. The summed E-state index contributed by atoms with van der Waals surface area (Å²) in [5, 5.41) is 13.1. The third-order valence-electron chi connectivity index (χ3n) is 4.94. The Morgan fingerprint density at radius 2 is 1.41 bits per heavy atom. The van der Waals surface area contributed by atoms with Crippen molar-refractivity contribution >= 4 is 35.0 Å². The van der Waals surface area contributed by atoms with E-state index in [1.165, 1.54) is 0 Å². The number of nitrogens with zero attached hydrogens (tertiary/aromatic N) is 1. The third-order valence-corrected chi connectivity index (χ3v) is 5.45. The van der Waals surface area contributed by atoms with Gasteiger partial charge in [0.2, 0.25) is 11.8 Å². The van der Waals surface area contributed by atoms with E-state index >= 15 is 0 Å². The summed E-state index contributed by atoms with van der Waals surface area (Å²) < 4.78 is 0. The molecule has 0 aliphatic rings. The van der Waals surface area contributed by atoms with E-state index in [4.69, 9.17) is 23.2 Å². The molecule has 0 saturated heterocycles. The van der Waals surface area contributed by atoms with Crippen molar-refractivity contribution in [2.75, 3.05) is 13.2 Å². The van der Waals surface area contributed by atoms with Crippen LogP contribution in [-0.2, 0) is 22.6 Å². The first-order chi connectivity index (χ1) is 15.5. The molecule has 166 valence electrons. The number of halogens is 2. The average molecular weight is 471 g/mol. The Balaban J connectivity index is 1.97. The zero-order valence-corrected chi connectivity index (χ0v) is 18.9. The summed E-state index contributed by atoms with van der Waals surface area (Å²) in [6, 6.07) is 22.5. The van der Waals surface area contributed by atoms with Crippen molar-refractivity contribution in [2.45, 2.75) is 19.0 Å². The molecule has 3 aromatic rings. The van der Waals surface area contributed by atoms with Crippen LogP contribution in [0.15, 0.2) is 78.9 Å². The summed E-state index contributed by atoms with van der Waals surface area (Å²) in [6.45, 7) is 0.126. The molecule has 1 atom stereocenters. The van der Waals surface area contributed by atoms with Gasteiger partial charge in [0.1, 0.15) is 6.04 Å². The highest BCUT2D eigenvalue weighted by Crippen LogP contribution is 2.25. The number of benzene rings is 3. The first kappa shape index (κ1) is 23.8. The number of rotatable bonds is 9. The Labute approximate surface area is 197 Å². The van der Waals surface area contributed by atoms with Crippen LogP contribution in [0.2, 0.25) is 10.0 Å². The van der Waals surface area contributed by atoms with Crippen molar-refractivity contribution in [3.8, 4) is 0 Å². The SMILES string of the molecule is O=C(NCCO)C(c1ccccc1)N(Cc1ccc(Cl)cc1)C(=O)Cc1ccc(Cl)cc1. The Morgan fingerprint density at radius 1 is 0.844 bits per heavy atom. The molecule has 3 rings (SSSR count). The zero-order valence-electron chi connectivity index (χ0n) is 17.4. The molecule has 0 bridgehead atoms. The van der Waals surface area contributed by atoms with Gasteiger partial charge in [0.25, 0.3) is 0 Å². The number of carbonyl (C=O) groups excluding carboxylic acids is 2. The standard InChI is InChI=1S/C25H24Cl2N2O3/c26-21-10-6-18(7-11-21)16-23(31)29(17-19-8-12-22(27)13-9-19)24(25(32)28-14-15-30)20-4-2-1-3-5-20/h1-13,24,30H,14-17H2,(H,28,32). The van der Waals surface area contributed by atoms with Crippen LogP contribution in [0.5, 0.6) is 0 Å². The van der Waals surface area contributed by atoms with Crippen molar-refractivity contribution in [3.63, 3.8) is 0 Å². The quantitative estimate of drug-likeness (QED) is 0.486. The summed E-state index contributed by atoms with van der Waals surface area (Å²) in [5.41, 5.74) is 2.32. The Hall–Kier alpha value is -2.86. The maximum atomic E-state index is 13.5. The fourth-order valence-electron chi connectivity index (χ4n) is 3.37. The molecule has 0 fully saturated rings. The van der Waals surface area contributed by atoms with Crippen LogP contribution in [0.3, 0.4) is 0 Å². The summed E-state index contributed by atoms with van der Waals surface area (Å²) in [6.07, 6.45) is 0.112. The van der Waals surface area contributed by atoms with Gasteiger partial charge in [0.15, 0.2) is 0 Å². The lowest BCUT2D eigenvalue weighted by Crippen LogP contribution is -2.44. The molecule has 5 nitrogen and oxygen atoms in total. The molecule has 2 N–H and O–H groups in total. The molecule has 2 amide bonds. The smallest absolute Gasteiger partial charge is 0.247 e. The van der Waals surface area contributed by atoms with Gasteiger partial charge < -0.3 is 15.3 Å². The minimum atomic E-state index is -0.863. The molecule has 1 unspecified atom stereocenters. The van der Waals surface area contributed by atoms with E-state index in [2.05, 4.69) is 5.32 Å². The Morgan fingerprint density at radius 3 is 1.97 bits per heavy atom. The van der Waals surface area contributed by atoms with Crippen LogP contribution < -0.4 is 5.32 Å². The molecule has 7 heteroatoms. The molecule has 0 aliphatic heterocycles. The number of aliphatic hydroxyl groups is 1. The van der Waals surface area contributed by atoms with Gasteiger partial charge in [-0.15, -0.1) is 0 Å². The number of hydrogen-bond acceptors (Lipinski definition) is 3. The maximum Gasteiger partial charge on any atom is 0.247 e. The molecule has 3 aromatic carbocycles. The van der Waals surface area contributed by atoms with Crippen molar-refractivity contribution < 1.29 is 14.7 Å². The number of amides is 2. The number of nitrogens with one attached hydrogen (secondary N) is 1. The number of hydrogen-bond donors (Lipinski definition) is 2. The number of carbonyl (C=O) groups is 2. The van der Waals surface area contributed by atoms with Crippen LogP contribution in [0.1, 0.15) is 22.7 Å². The number of aliphatic hydroxyl groups excluding tert-OH is 1. The van der Waals surface area contributed by atoms with Crippen molar-refractivity contribution in [1.29, 1.82) is 0 Å². The highest BCUT2D eigenvalue weighted by atomic mass is 35.5. The third kappa shape index (κ3) is 6.57. The lowest BCUT2D eigenvalue weighted by Gasteiger charge is -2.32. The maximum absolute atomic E-state index is 13.5. The van der Waals surface area contributed by atoms with Crippen LogP contribution >= 0.6 is 23.2 Å². The fourth-order valence-corrected chi connectivity index (χ4v) is 3.62. The van der Waals surface area contributed by atoms with Crippen LogP contribution in [0.25, 0.3) is 0 Å². The van der Waals surface area contributed by atoms with Gasteiger partial charge in [-0.05, 0) is 41.0 Å². The van der Waals surface area contributed by atoms with Gasteiger partial charge >= 0.3 is 0 Å². The zero-order chi connectivity index (χ0) is 22.9. The molecular formula is C25H24Cl2N2O3. The largest absolute Gasteiger partial charge is 0.395 e. The summed E-state index contributed by atoms with van der Waals surface area (Å²) in [5.74, 6) is -0.570. The van der Waals surface area contributed by atoms with Crippen LogP contribution in [-0.4, -0.2) is 35.0 Å². The van der Waals surface area contributed by atoms with Crippen molar-refractivity contribution in [3.05, 3.63) is 106 Å². The summed E-state index contributed by atoms with van der Waals surface area (Å²) in [7, 11) is 0. The van der Waals surface area contributed by atoms with Gasteiger partial charge in [0.05, 0.1) is 13.0 Å². The van der Waals surface area contributed by atoms with E-state index < -0.39 is 6.04 Å². The lowest BCUT2D eigenvalue weighted by atomic mass is 10.0. The first-order valence-corrected chi connectivity index (χ1v) is 11.0. The van der Waals surface area contributed by atoms with Gasteiger partial charge in [-0.25, -0.2) is 0 Å². The molecule has 0 saturated carbocycles. The van der Waals surface area contributed by atoms with E-state index in [1.54, 1.807) is 41.3 Å². The van der Waals surface area contributed by atoms with Crippen molar-refractivity contribution in [1.82, 2.24) is 10.2 Å². The Bertz CT molecular complexity index is 1030. The minimum Gasteiger partial charge on any atom is -0.395 e. The molecule has 0 heterocycles. The van der Waals surface area contributed by atoms with Gasteiger partial charge in [0, 0.05) is 23.1 Å². The summed E-state index contributed by atoms with van der Waals surface area (Å²) >= 11 is 12.0. The fraction of sp³-hybridized carbons (Fsp3) is 0.200. The monoisotopic (exact) mass is 470 g/mol. The lowest BCUT2D eigenvalue weighted by molar-refractivity contribution is -0.141. The van der Waals surface area contributed by atoms with Gasteiger partial charge in [-0.2, -0.15) is 0 Å². The van der Waals surface area contributed by atoms with Gasteiger partial charge in [-0.1, -0.05) is 77.8 Å². The van der Waals surface area contributed by atoms with Crippen LogP contribution in [0.4, 0.5) is 0 Å². The Kier molecular flexibility index (Phi) is 8.68. The highest BCUT2D eigenvalue weighted by Gasteiger charge is 2.31. The molecule has 0 aromatic heterocycles. The van der Waals surface area contributed by atoms with E-state index in [0.717, 1.165) is 11.1 Å². The molecule has 0 aliphatic carbocycles. The molecule has 0 radical (unpaired) electrons. The van der Waals surface area contributed by atoms with E-state index in [0.29, 0.717) is 15.6 Å². The predicted molar refractivity (Wildman–Crippen MR) is 126 cm³/mol. The van der Waals surface area contributed by atoms with Crippen LogP contribution in [0, 0.1) is 0 Å². The topological polar surface area (TPSA) is 69.6 Å². The van der Waals surface area contributed by atoms with E-state index in [9.17, 15) is 14.7 Å². The second-order valence-electron chi connectivity index (χ2n) is 7.28. The molecular weight excluding hydrogens is 447 g/mol. The summed E-state index contributed by atoms with van der Waals surface area (Å²) in [4.78, 5) is 28.2. The average Bonchev–Trinajstić information content (AvgIpc) is 2.80. The molecule has 0 spiro atoms. The first-order valence-electron chi connectivity index (χ1n) is 10.2. The molecule has 32 heavy (non-hydrogen) atoms. The second-order valence-corrected chi connectivity index (χ2v) is 8.15. The van der Waals surface area contributed by atoms with E-state index in [1.807, 2.05) is 42.5 Å². The van der Waals surface area contributed by atoms with Gasteiger partial charge in [-0.3, -0.25) is 9.59 Å². The second kappa shape index (κ2) is 11.7. The predicted octanol–water partition coefficient (Wildman–Crippen LogP) is 4.41. The highest BCUT2D eigenvalue weighted by molar-refractivity contribution is 6.30. The van der Waals surface area contributed by atoms with E-state index in [-0.39, 0.29) is 37.9 Å². The van der Waals surface area contributed by atoms with Crippen molar-refractivity contribution in [2.24, 2.45) is 0 Å².